The molecule has 7 rings (SSSR count). The highest BCUT2D eigenvalue weighted by atomic mass is 35.5. The summed E-state index contributed by atoms with van der Waals surface area (Å²) in [5, 5.41) is 0.416. The predicted octanol–water partition coefficient (Wildman–Crippen LogP) is 8.83. The van der Waals surface area contributed by atoms with Gasteiger partial charge in [0.15, 0.2) is 5.60 Å². The average Bonchev–Trinajstić information content (AvgIpc) is 3.52. The lowest BCUT2D eigenvalue weighted by atomic mass is 9.80. The zero-order valence-corrected chi connectivity index (χ0v) is 29.9. The van der Waals surface area contributed by atoms with Crippen LogP contribution in [0.5, 0.6) is 0 Å². The van der Waals surface area contributed by atoms with E-state index in [0.29, 0.717) is 34.8 Å². The van der Waals surface area contributed by atoms with Crippen molar-refractivity contribution in [3.8, 4) is 11.1 Å². The first-order valence-electron chi connectivity index (χ1n) is 17.8. The first-order chi connectivity index (χ1) is 25.4. The largest absolute Gasteiger partial charge is 0.448 e. The van der Waals surface area contributed by atoms with Gasteiger partial charge >= 0.3 is 12.1 Å². The molecule has 1 aliphatic heterocycles. The molecule has 0 bridgehead atoms. The van der Waals surface area contributed by atoms with Gasteiger partial charge in [-0.05, 0) is 47.6 Å². The number of ether oxygens (including phenoxy) is 2. The number of nitrogens with zero attached hydrogens (tertiary/aromatic N) is 2. The molecule has 0 spiro atoms. The van der Waals surface area contributed by atoms with Gasteiger partial charge < -0.3 is 14.4 Å². The minimum atomic E-state index is -1.45. The zero-order valence-electron chi connectivity index (χ0n) is 29.1. The molecule has 264 valence electrons. The van der Waals surface area contributed by atoms with Crippen molar-refractivity contribution in [1.29, 1.82) is 0 Å². The van der Waals surface area contributed by atoms with Crippen molar-refractivity contribution < 1.29 is 23.9 Å². The lowest BCUT2D eigenvalue weighted by Gasteiger charge is -2.37. The Hall–Kier alpha value is -5.40. The van der Waals surface area contributed by atoms with Gasteiger partial charge in [0.25, 0.3) is 0 Å². The van der Waals surface area contributed by atoms with Crippen LogP contribution in [0.2, 0.25) is 5.02 Å². The molecule has 5 aromatic carbocycles. The number of esters is 1. The number of fused-ring (bicyclic) bond motifs is 3. The maximum atomic E-state index is 14.4. The molecule has 7 nitrogen and oxygen atoms in total. The van der Waals surface area contributed by atoms with E-state index in [-0.39, 0.29) is 24.9 Å². The summed E-state index contributed by atoms with van der Waals surface area (Å²) in [6.07, 6.45) is 1.66. The molecule has 1 saturated heterocycles. The van der Waals surface area contributed by atoms with Crippen molar-refractivity contribution in [2.45, 2.75) is 43.2 Å². The Labute approximate surface area is 309 Å². The molecule has 1 heterocycles. The molecule has 0 saturated carbocycles. The normalized spacial score (nSPS) is 14.5. The summed E-state index contributed by atoms with van der Waals surface area (Å²) >= 11 is 6.87. The lowest BCUT2D eigenvalue weighted by Crippen LogP contribution is -2.52. The molecule has 5 aromatic rings. The third kappa shape index (κ3) is 6.81. The van der Waals surface area contributed by atoms with Crippen LogP contribution in [-0.4, -0.2) is 60.6 Å². The van der Waals surface area contributed by atoms with Gasteiger partial charge in [0.1, 0.15) is 12.6 Å². The van der Waals surface area contributed by atoms with E-state index >= 15 is 0 Å². The Morgan fingerprint density at radius 1 is 0.731 bits per heavy atom. The molecule has 1 atom stereocenters. The summed E-state index contributed by atoms with van der Waals surface area (Å²) in [6.45, 7) is 1.20. The highest BCUT2D eigenvalue weighted by molar-refractivity contribution is 6.31. The monoisotopic (exact) mass is 712 g/mol. The molecule has 0 N–H and O–H groups in total. The summed E-state index contributed by atoms with van der Waals surface area (Å²) in [6, 6.07) is 41.2. The predicted molar refractivity (Wildman–Crippen MR) is 202 cm³/mol. The van der Waals surface area contributed by atoms with E-state index in [9.17, 15) is 14.4 Å². The molecule has 1 fully saturated rings. The van der Waals surface area contributed by atoms with E-state index in [2.05, 4.69) is 24.3 Å². The molecule has 0 radical (unpaired) electrons. The number of likely N-dealkylation sites (tertiary alicyclic amines) is 1. The lowest BCUT2D eigenvalue weighted by molar-refractivity contribution is -0.157. The number of halogens is 1. The summed E-state index contributed by atoms with van der Waals surface area (Å²) < 4.78 is 12.6. The summed E-state index contributed by atoms with van der Waals surface area (Å²) in [4.78, 5) is 45.6. The Kier molecular flexibility index (Phi) is 10.4. The van der Waals surface area contributed by atoms with E-state index in [4.69, 9.17) is 21.1 Å². The standard InChI is InChI=1S/C44H41ClN2O5/c1-46(43(50)51-30-37-35-23-11-9-21-33(35)34-22-10-12-24-36(34)37)40(42(49)47-27-15-4-16-28-47)29-41(48)52-44(31-17-5-2-6-18-31,32-19-7-3-8-20-32)38-25-13-14-26-39(38)45/h2-3,5-14,17-26,37,40H,4,15-16,27-30H2,1H3/t40-/m0/s1. The van der Waals surface area contributed by atoms with Gasteiger partial charge in [0, 0.05) is 47.8 Å². The molecule has 8 heteroatoms. The number of carbonyl (C=O) groups excluding carboxylic acids is 3. The maximum Gasteiger partial charge on any atom is 0.410 e. The first kappa shape index (κ1) is 35.0. The number of piperidine rings is 1. The van der Waals surface area contributed by atoms with Crippen LogP contribution in [0.4, 0.5) is 4.79 Å². The molecule has 52 heavy (non-hydrogen) atoms. The van der Waals surface area contributed by atoms with E-state index < -0.39 is 23.7 Å². The third-order valence-corrected chi connectivity index (χ3v) is 10.6. The topological polar surface area (TPSA) is 76.1 Å². The Balaban J connectivity index is 1.19. The van der Waals surface area contributed by atoms with Crippen LogP contribution >= 0.6 is 11.6 Å². The molecular weight excluding hydrogens is 672 g/mol. The summed E-state index contributed by atoms with van der Waals surface area (Å²) in [5.41, 5.74) is 4.91. The van der Waals surface area contributed by atoms with Gasteiger partial charge in [0.05, 0.1) is 6.42 Å². The van der Waals surface area contributed by atoms with Gasteiger partial charge in [-0.3, -0.25) is 14.5 Å². The van der Waals surface area contributed by atoms with Gasteiger partial charge in [-0.2, -0.15) is 0 Å². The average molecular weight is 713 g/mol. The van der Waals surface area contributed by atoms with Gasteiger partial charge in [-0.25, -0.2) is 4.79 Å². The second-order valence-electron chi connectivity index (χ2n) is 13.4. The highest BCUT2D eigenvalue weighted by Crippen LogP contribution is 2.45. The van der Waals surface area contributed by atoms with Gasteiger partial charge in [-0.15, -0.1) is 0 Å². The molecular formula is C44H41ClN2O5. The van der Waals surface area contributed by atoms with Crippen molar-refractivity contribution in [3.63, 3.8) is 0 Å². The second kappa shape index (κ2) is 15.5. The quantitative estimate of drug-likeness (QED) is 0.107. The molecule has 1 aliphatic carbocycles. The van der Waals surface area contributed by atoms with Crippen molar-refractivity contribution >= 4 is 29.6 Å². The SMILES string of the molecule is CN(C(=O)OCC1c2ccccc2-c2ccccc21)[C@@H](CC(=O)OC(c1ccccc1)(c1ccccc1)c1ccccc1Cl)C(=O)N1CCCCC1. The fourth-order valence-electron chi connectivity index (χ4n) is 7.65. The first-order valence-corrected chi connectivity index (χ1v) is 18.2. The van der Waals surface area contributed by atoms with E-state index in [1.807, 2.05) is 103 Å². The summed E-state index contributed by atoms with van der Waals surface area (Å²) in [5.74, 6) is -1.13. The van der Waals surface area contributed by atoms with Gasteiger partial charge in [-0.1, -0.05) is 139 Å². The number of rotatable bonds is 10. The van der Waals surface area contributed by atoms with Gasteiger partial charge in [0.2, 0.25) is 5.91 Å². The van der Waals surface area contributed by atoms with Crippen molar-refractivity contribution in [1.82, 2.24) is 9.80 Å². The molecule has 2 aliphatic rings. The Morgan fingerprint density at radius 3 is 1.83 bits per heavy atom. The number of benzene rings is 5. The van der Waals surface area contributed by atoms with E-state index in [1.54, 1.807) is 11.0 Å². The molecule has 0 unspecified atom stereocenters. The van der Waals surface area contributed by atoms with Crippen molar-refractivity contribution in [3.05, 3.63) is 166 Å². The second-order valence-corrected chi connectivity index (χ2v) is 13.8. The highest BCUT2D eigenvalue weighted by Gasteiger charge is 2.44. The van der Waals surface area contributed by atoms with Crippen LogP contribution in [0, 0.1) is 0 Å². The van der Waals surface area contributed by atoms with Crippen molar-refractivity contribution in [2.75, 3.05) is 26.7 Å². The van der Waals surface area contributed by atoms with Crippen LogP contribution < -0.4 is 0 Å². The number of likely N-dealkylation sites (N-methyl/N-ethyl adjacent to an activating group) is 1. The number of hydrogen-bond acceptors (Lipinski definition) is 5. The van der Waals surface area contributed by atoms with Crippen LogP contribution in [0.3, 0.4) is 0 Å². The van der Waals surface area contributed by atoms with Crippen LogP contribution in [0.15, 0.2) is 133 Å². The fourth-order valence-corrected chi connectivity index (χ4v) is 7.92. The Morgan fingerprint density at radius 2 is 1.25 bits per heavy atom. The fraction of sp³-hybridized carbons (Fsp3) is 0.250. The van der Waals surface area contributed by atoms with Crippen LogP contribution in [-0.2, 0) is 24.7 Å². The van der Waals surface area contributed by atoms with E-state index in [1.165, 1.54) is 11.9 Å². The minimum absolute atomic E-state index is 0.0872. The van der Waals surface area contributed by atoms with Crippen molar-refractivity contribution in [2.24, 2.45) is 0 Å². The number of amides is 2. The minimum Gasteiger partial charge on any atom is -0.448 e. The number of carbonyl (C=O) groups is 3. The zero-order chi connectivity index (χ0) is 36.1. The Bertz CT molecular complexity index is 1960. The van der Waals surface area contributed by atoms with Crippen LogP contribution in [0.1, 0.15) is 59.4 Å². The third-order valence-electron chi connectivity index (χ3n) is 10.3. The molecule has 0 aromatic heterocycles. The maximum absolute atomic E-state index is 14.4. The van der Waals surface area contributed by atoms with E-state index in [0.717, 1.165) is 41.5 Å². The summed E-state index contributed by atoms with van der Waals surface area (Å²) in [7, 11) is 1.52. The molecule has 2 amide bonds. The number of hydrogen-bond donors (Lipinski definition) is 0. The van der Waals surface area contributed by atoms with Crippen LogP contribution in [0.25, 0.3) is 11.1 Å². The smallest absolute Gasteiger partial charge is 0.410 e.